The summed E-state index contributed by atoms with van der Waals surface area (Å²) in [6, 6.07) is 7.59. The summed E-state index contributed by atoms with van der Waals surface area (Å²) in [4.78, 5) is 13.1. The van der Waals surface area contributed by atoms with E-state index in [0.717, 1.165) is 5.75 Å². The minimum atomic E-state index is -0.463. The molecule has 0 radical (unpaired) electrons. The molecule has 1 aromatic rings. The molecule has 1 aromatic carbocycles. The van der Waals surface area contributed by atoms with Crippen molar-refractivity contribution in [3.05, 3.63) is 29.8 Å². The molecular weight excluding hydrogens is 240 g/mol. The molecule has 0 aromatic heterocycles. The van der Waals surface area contributed by atoms with E-state index in [4.69, 9.17) is 10.5 Å². The first kappa shape index (κ1) is 15.5. The van der Waals surface area contributed by atoms with E-state index in [1.807, 2.05) is 12.1 Å². The van der Waals surface area contributed by atoms with Gasteiger partial charge < -0.3 is 15.4 Å². The normalized spacial score (nSPS) is 12.3. The number of carbonyl (C=O) groups is 1. The highest BCUT2D eigenvalue weighted by Crippen LogP contribution is 2.18. The van der Waals surface area contributed by atoms with Crippen molar-refractivity contribution in [3.63, 3.8) is 0 Å². The standard InChI is InChI=1S/C15H24N2O2/c1-11(2)13-5-7-14(8-6-13)19-10-9-17(4)15(18)12(3)16/h5-8,11-12H,9-10,16H2,1-4H3. The Hall–Kier alpha value is -1.55. The Morgan fingerprint density at radius 3 is 2.32 bits per heavy atom. The number of hydrogen-bond acceptors (Lipinski definition) is 3. The van der Waals surface area contributed by atoms with E-state index < -0.39 is 6.04 Å². The van der Waals surface area contributed by atoms with Crippen molar-refractivity contribution in [1.82, 2.24) is 4.90 Å². The molecule has 0 fully saturated rings. The summed E-state index contributed by atoms with van der Waals surface area (Å²) in [7, 11) is 1.73. The highest BCUT2D eigenvalue weighted by Gasteiger charge is 2.12. The van der Waals surface area contributed by atoms with Gasteiger partial charge in [-0.15, -0.1) is 0 Å². The lowest BCUT2D eigenvalue weighted by Gasteiger charge is -2.19. The van der Waals surface area contributed by atoms with Crippen molar-refractivity contribution in [2.75, 3.05) is 20.2 Å². The summed E-state index contributed by atoms with van der Waals surface area (Å²) in [5.41, 5.74) is 6.82. The molecule has 1 amide bonds. The number of benzene rings is 1. The quantitative estimate of drug-likeness (QED) is 0.855. The lowest BCUT2D eigenvalue weighted by Crippen LogP contribution is -2.41. The smallest absolute Gasteiger partial charge is 0.239 e. The number of ether oxygens (including phenoxy) is 1. The van der Waals surface area contributed by atoms with Crippen LogP contribution in [-0.2, 0) is 4.79 Å². The maximum Gasteiger partial charge on any atom is 0.239 e. The molecule has 0 spiro atoms. The zero-order valence-corrected chi connectivity index (χ0v) is 12.2. The van der Waals surface area contributed by atoms with Crippen LogP contribution in [0.2, 0.25) is 0 Å². The van der Waals surface area contributed by atoms with Crippen molar-refractivity contribution in [2.45, 2.75) is 32.7 Å². The Kier molecular flexibility index (Phi) is 5.83. The largest absolute Gasteiger partial charge is 0.492 e. The fraction of sp³-hybridized carbons (Fsp3) is 0.533. The molecule has 0 aliphatic heterocycles. The number of amides is 1. The summed E-state index contributed by atoms with van der Waals surface area (Å²) in [6.07, 6.45) is 0. The van der Waals surface area contributed by atoms with Crippen LogP contribution in [0.3, 0.4) is 0 Å². The van der Waals surface area contributed by atoms with Gasteiger partial charge >= 0.3 is 0 Å². The third-order valence-electron chi connectivity index (χ3n) is 3.01. The second-order valence-corrected chi connectivity index (χ2v) is 5.12. The number of hydrogen-bond donors (Lipinski definition) is 1. The van der Waals surface area contributed by atoms with Crippen molar-refractivity contribution >= 4 is 5.91 Å². The average Bonchev–Trinajstić information content (AvgIpc) is 2.38. The van der Waals surface area contributed by atoms with Gasteiger partial charge in [0.25, 0.3) is 0 Å². The van der Waals surface area contributed by atoms with Gasteiger partial charge in [-0.2, -0.15) is 0 Å². The number of nitrogens with zero attached hydrogens (tertiary/aromatic N) is 1. The van der Waals surface area contributed by atoms with Gasteiger partial charge in [-0.1, -0.05) is 26.0 Å². The molecule has 19 heavy (non-hydrogen) atoms. The maximum absolute atomic E-state index is 11.6. The number of rotatable bonds is 6. The highest BCUT2D eigenvalue weighted by atomic mass is 16.5. The van der Waals surface area contributed by atoms with Gasteiger partial charge in [0.15, 0.2) is 0 Å². The van der Waals surface area contributed by atoms with Crippen LogP contribution in [0.4, 0.5) is 0 Å². The molecule has 4 nitrogen and oxygen atoms in total. The summed E-state index contributed by atoms with van der Waals surface area (Å²) < 4.78 is 5.61. The molecule has 4 heteroatoms. The summed E-state index contributed by atoms with van der Waals surface area (Å²) >= 11 is 0. The van der Waals surface area contributed by atoms with Crippen LogP contribution < -0.4 is 10.5 Å². The van der Waals surface area contributed by atoms with Crippen molar-refractivity contribution < 1.29 is 9.53 Å². The van der Waals surface area contributed by atoms with Crippen LogP contribution in [0.1, 0.15) is 32.3 Å². The minimum absolute atomic E-state index is 0.0706. The third-order valence-corrected chi connectivity index (χ3v) is 3.01. The Morgan fingerprint density at radius 2 is 1.84 bits per heavy atom. The van der Waals surface area contributed by atoms with E-state index in [-0.39, 0.29) is 5.91 Å². The highest BCUT2D eigenvalue weighted by molar-refractivity contribution is 5.80. The molecule has 0 heterocycles. The zero-order chi connectivity index (χ0) is 14.4. The van der Waals surface area contributed by atoms with Crippen molar-refractivity contribution in [2.24, 2.45) is 5.73 Å². The summed E-state index contributed by atoms with van der Waals surface area (Å²) in [5.74, 6) is 1.27. The Morgan fingerprint density at radius 1 is 1.26 bits per heavy atom. The van der Waals surface area contributed by atoms with Crippen LogP contribution >= 0.6 is 0 Å². The number of nitrogens with two attached hydrogens (primary N) is 1. The molecule has 0 aliphatic carbocycles. The molecular formula is C15H24N2O2. The minimum Gasteiger partial charge on any atom is -0.492 e. The second-order valence-electron chi connectivity index (χ2n) is 5.12. The van der Waals surface area contributed by atoms with Gasteiger partial charge in [0, 0.05) is 7.05 Å². The lowest BCUT2D eigenvalue weighted by molar-refractivity contribution is -0.131. The van der Waals surface area contributed by atoms with E-state index in [0.29, 0.717) is 19.1 Å². The molecule has 0 saturated heterocycles. The third kappa shape index (κ3) is 4.91. The second kappa shape index (κ2) is 7.14. The van der Waals surface area contributed by atoms with Crippen LogP contribution in [0.15, 0.2) is 24.3 Å². The van der Waals surface area contributed by atoms with Crippen LogP contribution in [0.5, 0.6) is 5.75 Å². The predicted octanol–water partition coefficient (Wildman–Crippen LogP) is 1.99. The van der Waals surface area contributed by atoms with Gasteiger partial charge in [0.2, 0.25) is 5.91 Å². The Bertz CT molecular complexity index is 399. The monoisotopic (exact) mass is 264 g/mol. The topological polar surface area (TPSA) is 55.6 Å². The first-order chi connectivity index (χ1) is 8.91. The van der Waals surface area contributed by atoms with E-state index in [2.05, 4.69) is 26.0 Å². The van der Waals surface area contributed by atoms with E-state index in [1.165, 1.54) is 5.56 Å². The van der Waals surface area contributed by atoms with Crippen molar-refractivity contribution in [1.29, 1.82) is 0 Å². The molecule has 1 rings (SSSR count). The van der Waals surface area contributed by atoms with Gasteiger partial charge in [-0.25, -0.2) is 0 Å². The molecule has 1 atom stereocenters. The Labute approximate surface area is 115 Å². The lowest BCUT2D eigenvalue weighted by atomic mass is 10.0. The zero-order valence-electron chi connectivity index (χ0n) is 12.2. The van der Waals surface area contributed by atoms with E-state index in [1.54, 1.807) is 18.9 Å². The predicted molar refractivity (Wildman–Crippen MR) is 77.3 cm³/mol. The summed E-state index contributed by atoms with van der Waals surface area (Å²) in [6.45, 7) is 7.00. The SMILES string of the molecule is CC(N)C(=O)N(C)CCOc1ccc(C(C)C)cc1. The molecule has 106 valence electrons. The van der Waals surface area contributed by atoms with E-state index in [9.17, 15) is 4.79 Å². The first-order valence-corrected chi connectivity index (χ1v) is 6.65. The van der Waals surface area contributed by atoms with E-state index >= 15 is 0 Å². The maximum atomic E-state index is 11.6. The van der Waals surface area contributed by atoms with Crippen molar-refractivity contribution in [3.8, 4) is 5.75 Å². The molecule has 0 aliphatic rings. The molecule has 2 N–H and O–H groups in total. The van der Waals surface area contributed by atoms with Gasteiger partial charge in [-0.3, -0.25) is 4.79 Å². The van der Waals surface area contributed by atoms with Crippen LogP contribution in [0.25, 0.3) is 0 Å². The first-order valence-electron chi connectivity index (χ1n) is 6.65. The van der Waals surface area contributed by atoms with Gasteiger partial charge in [0.1, 0.15) is 12.4 Å². The van der Waals surface area contributed by atoms with Crippen LogP contribution in [0, 0.1) is 0 Å². The van der Waals surface area contributed by atoms with Gasteiger partial charge in [0.05, 0.1) is 12.6 Å². The fourth-order valence-corrected chi connectivity index (χ4v) is 1.71. The Balaban J connectivity index is 2.39. The average molecular weight is 264 g/mol. The number of carbonyl (C=O) groups excluding carboxylic acids is 1. The molecule has 0 saturated carbocycles. The summed E-state index contributed by atoms with van der Waals surface area (Å²) in [5, 5.41) is 0. The molecule has 1 unspecified atom stereocenters. The van der Waals surface area contributed by atoms with Gasteiger partial charge in [-0.05, 0) is 30.5 Å². The molecule has 0 bridgehead atoms. The fourth-order valence-electron chi connectivity index (χ4n) is 1.71. The van der Waals surface area contributed by atoms with Crippen LogP contribution in [-0.4, -0.2) is 37.0 Å². The number of likely N-dealkylation sites (N-methyl/N-ethyl adjacent to an activating group) is 1.